The fraction of sp³-hybridized carbons (Fsp3) is 0.256. The molecule has 2 saturated heterocycles. The molecule has 6 aromatic rings. The summed E-state index contributed by atoms with van der Waals surface area (Å²) < 4.78 is 41.0. The molecule has 57 heavy (non-hydrogen) atoms. The lowest BCUT2D eigenvalue weighted by Crippen LogP contribution is -2.38. The number of nitrogens with one attached hydrogen (secondary N) is 3. The van der Waals surface area contributed by atoms with Crippen LogP contribution in [0.3, 0.4) is 0 Å². The van der Waals surface area contributed by atoms with Crippen LogP contribution < -0.4 is 19.7 Å². The summed E-state index contributed by atoms with van der Waals surface area (Å²) in [5.74, 6) is -0.271. The Balaban J connectivity index is 1.07. The van der Waals surface area contributed by atoms with E-state index in [1.54, 1.807) is 24.4 Å². The molecule has 3 N–H and O–H groups in total. The Hall–Kier alpha value is -6.25. The van der Waals surface area contributed by atoms with Crippen molar-refractivity contribution in [2.75, 3.05) is 36.5 Å². The number of benzene rings is 4. The number of sulfonamides is 1. The maximum atomic E-state index is 13.8. The Morgan fingerprint density at radius 2 is 1.77 bits per heavy atom. The average molecular weight is 787 g/mol. The SMILES string of the molecule is CC1(c2ccccc2)CCCN1c1ccc(-c2ccc(C(=O)NS(=O)(=O)c3ccc(NCC4CCOCC4)c([N+](=O)[O-])c3)c(Oc3cnc4[nH]ccc4c3)c2)cc1. The third-order valence-corrected chi connectivity index (χ3v) is 12.3. The maximum absolute atomic E-state index is 13.8. The van der Waals surface area contributed by atoms with Crippen molar-refractivity contribution in [1.82, 2.24) is 14.7 Å². The van der Waals surface area contributed by atoms with Gasteiger partial charge in [0.25, 0.3) is 21.6 Å². The molecule has 1 atom stereocenters. The molecular formula is C43H42N6O7S. The topological polar surface area (TPSA) is 169 Å². The number of ether oxygens (including phenoxy) is 2. The van der Waals surface area contributed by atoms with Gasteiger partial charge in [0, 0.05) is 49.6 Å². The zero-order valence-electron chi connectivity index (χ0n) is 31.3. The largest absolute Gasteiger partial charge is 0.455 e. The van der Waals surface area contributed by atoms with Gasteiger partial charge in [-0.25, -0.2) is 18.1 Å². The summed E-state index contributed by atoms with van der Waals surface area (Å²) >= 11 is 0. The summed E-state index contributed by atoms with van der Waals surface area (Å²) in [6, 6.07) is 30.8. The van der Waals surface area contributed by atoms with Crippen LogP contribution in [0.15, 0.2) is 120 Å². The normalized spacial score (nSPS) is 17.4. The number of carbonyl (C=O) groups is 1. The van der Waals surface area contributed by atoms with Crippen LogP contribution in [0.4, 0.5) is 17.1 Å². The number of anilines is 2. The molecule has 2 aliphatic heterocycles. The number of hydrogen-bond donors (Lipinski definition) is 3. The van der Waals surface area contributed by atoms with Crippen molar-refractivity contribution in [3.8, 4) is 22.6 Å². The number of hydrogen-bond acceptors (Lipinski definition) is 10. The van der Waals surface area contributed by atoms with Crippen LogP contribution in [0.2, 0.25) is 0 Å². The quantitative estimate of drug-likeness (QED) is 0.0809. The lowest BCUT2D eigenvalue weighted by Gasteiger charge is -2.38. The average Bonchev–Trinajstić information content (AvgIpc) is 3.87. The van der Waals surface area contributed by atoms with Crippen LogP contribution in [-0.2, 0) is 20.3 Å². The van der Waals surface area contributed by atoms with Gasteiger partial charge in [-0.1, -0.05) is 48.5 Å². The van der Waals surface area contributed by atoms with Crippen molar-refractivity contribution in [1.29, 1.82) is 0 Å². The Morgan fingerprint density at radius 1 is 1.00 bits per heavy atom. The van der Waals surface area contributed by atoms with Crippen molar-refractivity contribution in [2.24, 2.45) is 5.92 Å². The number of aromatic nitrogens is 2. The second kappa shape index (κ2) is 15.7. The van der Waals surface area contributed by atoms with Gasteiger partial charge in [-0.2, -0.15) is 0 Å². The van der Waals surface area contributed by atoms with E-state index >= 15 is 0 Å². The molecule has 0 bridgehead atoms. The summed E-state index contributed by atoms with van der Waals surface area (Å²) in [4.78, 5) is 34.7. The predicted molar refractivity (Wildman–Crippen MR) is 218 cm³/mol. The van der Waals surface area contributed by atoms with E-state index in [4.69, 9.17) is 9.47 Å². The first-order valence-electron chi connectivity index (χ1n) is 18.9. The molecule has 2 aliphatic rings. The highest BCUT2D eigenvalue weighted by Gasteiger charge is 2.38. The number of H-pyrrole nitrogens is 1. The number of nitro groups is 1. The molecule has 4 aromatic carbocycles. The zero-order chi connectivity index (χ0) is 39.6. The van der Waals surface area contributed by atoms with Crippen LogP contribution >= 0.6 is 0 Å². The van der Waals surface area contributed by atoms with Crippen LogP contribution in [0.1, 0.15) is 48.5 Å². The first kappa shape index (κ1) is 37.7. The molecule has 1 amide bonds. The Morgan fingerprint density at radius 3 is 2.54 bits per heavy atom. The third-order valence-electron chi connectivity index (χ3n) is 11.0. The highest BCUT2D eigenvalue weighted by molar-refractivity contribution is 7.90. The molecule has 13 nitrogen and oxygen atoms in total. The fourth-order valence-corrected chi connectivity index (χ4v) is 8.79. The van der Waals surface area contributed by atoms with Gasteiger partial charge in [-0.05, 0) is 104 Å². The molecule has 1 unspecified atom stereocenters. The Bertz CT molecular complexity index is 2540. The highest BCUT2D eigenvalue weighted by Crippen LogP contribution is 2.42. The van der Waals surface area contributed by atoms with E-state index in [0.717, 1.165) is 60.5 Å². The molecule has 14 heteroatoms. The van der Waals surface area contributed by atoms with E-state index in [9.17, 15) is 23.3 Å². The summed E-state index contributed by atoms with van der Waals surface area (Å²) in [6.07, 6.45) is 7.02. The molecule has 8 rings (SSSR count). The molecule has 0 radical (unpaired) electrons. The van der Waals surface area contributed by atoms with Crippen LogP contribution in [-0.4, -0.2) is 55.5 Å². The van der Waals surface area contributed by atoms with Crippen molar-refractivity contribution in [2.45, 2.75) is 43.0 Å². The molecule has 2 aromatic heterocycles. The minimum absolute atomic E-state index is 0.0620. The minimum Gasteiger partial charge on any atom is -0.455 e. The van der Waals surface area contributed by atoms with Crippen LogP contribution in [0.25, 0.3) is 22.2 Å². The van der Waals surface area contributed by atoms with Crippen LogP contribution in [0, 0.1) is 16.0 Å². The van der Waals surface area contributed by atoms with Gasteiger partial charge in [0.15, 0.2) is 0 Å². The Labute approximate surface area is 330 Å². The zero-order valence-corrected chi connectivity index (χ0v) is 32.1. The van der Waals surface area contributed by atoms with E-state index in [0.29, 0.717) is 31.2 Å². The molecule has 2 fully saturated rings. The number of rotatable bonds is 12. The molecule has 0 aliphatic carbocycles. The minimum atomic E-state index is -4.56. The first-order chi connectivity index (χ1) is 27.6. The van der Waals surface area contributed by atoms with Gasteiger partial charge in [0.1, 0.15) is 22.8 Å². The Kier molecular flexibility index (Phi) is 10.4. The number of aromatic amines is 1. The number of nitro benzene ring substituents is 1. The third kappa shape index (κ3) is 7.91. The van der Waals surface area contributed by atoms with Gasteiger partial charge in [0.2, 0.25) is 0 Å². The highest BCUT2D eigenvalue weighted by atomic mass is 32.2. The van der Waals surface area contributed by atoms with Gasteiger partial charge >= 0.3 is 0 Å². The molecular weight excluding hydrogens is 745 g/mol. The van der Waals surface area contributed by atoms with E-state index < -0.39 is 31.4 Å². The van der Waals surface area contributed by atoms with Crippen molar-refractivity contribution in [3.63, 3.8) is 0 Å². The van der Waals surface area contributed by atoms with Crippen LogP contribution in [0.5, 0.6) is 11.5 Å². The fourth-order valence-electron chi connectivity index (χ4n) is 7.80. The second-order valence-electron chi connectivity index (χ2n) is 14.6. The van der Waals surface area contributed by atoms with Crippen molar-refractivity contribution in [3.05, 3.63) is 137 Å². The van der Waals surface area contributed by atoms with Gasteiger partial charge in [-0.15, -0.1) is 0 Å². The molecule has 0 saturated carbocycles. The monoisotopic (exact) mass is 786 g/mol. The number of carbonyl (C=O) groups excluding carboxylic acids is 1. The lowest BCUT2D eigenvalue weighted by molar-refractivity contribution is -0.384. The van der Waals surface area contributed by atoms with Crippen molar-refractivity contribution < 1.29 is 27.6 Å². The van der Waals surface area contributed by atoms with Gasteiger partial charge < -0.3 is 24.7 Å². The van der Waals surface area contributed by atoms with Gasteiger partial charge in [-0.3, -0.25) is 14.9 Å². The molecule has 4 heterocycles. The molecule has 0 spiro atoms. The standard InChI is InChI=1S/C43H42N6O7S/c1-43(33-6-3-2-4-7-33)19-5-21-48(43)34-11-8-30(9-12-34)31-10-14-37(40(25-31)56-35-24-32-16-20-44-41(32)46-28-35)42(50)47-57(53,54)36-13-15-38(39(26-36)49(51)52)45-27-29-17-22-55-23-18-29/h2-4,6-16,20,24-26,28-29,45H,5,17-19,21-23,27H2,1H3,(H,44,46)(H,47,50). The number of fused-ring (bicyclic) bond motifs is 1. The summed E-state index contributed by atoms with van der Waals surface area (Å²) in [6.45, 7) is 4.94. The van der Waals surface area contributed by atoms with Gasteiger partial charge in [0.05, 0.1) is 27.1 Å². The number of amides is 1. The predicted octanol–water partition coefficient (Wildman–Crippen LogP) is 8.40. The smallest absolute Gasteiger partial charge is 0.293 e. The first-order valence-corrected chi connectivity index (χ1v) is 20.4. The summed E-state index contributed by atoms with van der Waals surface area (Å²) in [7, 11) is -4.56. The lowest BCUT2D eigenvalue weighted by atomic mass is 9.89. The number of pyridine rings is 1. The number of nitrogens with zero attached hydrogens (tertiary/aromatic N) is 3. The summed E-state index contributed by atoms with van der Waals surface area (Å²) in [5.41, 5.74) is 4.18. The maximum Gasteiger partial charge on any atom is 0.293 e. The second-order valence-corrected chi connectivity index (χ2v) is 16.3. The summed E-state index contributed by atoms with van der Waals surface area (Å²) in [5, 5.41) is 15.9. The van der Waals surface area contributed by atoms with E-state index in [1.165, 1.54) is 30.0 Å². The molecule has 292 valence electrons. The van der Waals surface area contributed by atoms with E-state index in [-0.39, 0.29) is 28.5 Å². The van der Waals surface area contributed by atoms with E-state index in [2.05, 4.69) is 68.2 Å². The van der Waals surface area contributed by atoms with Crippen molar-refractivity contribution >= 4 is 44.0 Å². The van der Waals surface area contributed by atoms with E-state index in [1.807, 2.05) is 24.3 Å².